The van der Waals surface area contributed by atoms with Gasteiger partial charge in [-0.05, 0) is 12.8 Å². The van der Waals surface area contributed by atoms with Crippen LogP contribution < -0.4 is 0 Å². The number of phosphoric acid groups is 1. The molecule has 0 spiro atoms. The highest BCUT2D eigenvalue weighted by Gasteiger charge is 2.27. The van der Waals surface area contributed by atoms with E-state index in [9.17, 15) is 19.0 Å². The quantitative estimate of drug-likeness (QED) is 0.0284. The molecule has 0 saturated carbocycles. The number of hydrogen-bond donors (Lipinski definition) is 1. The van der Waals surface area contributed by atoms with E-state index in [1.54, 1.807) is 0 Å². The third-order valence-electron chi connectivity index (χ3n) is 9.64. The van der Waals surface area contributed by atoms with E-state index in [0.717, 1.165) is 38.5 Å². The summed E-state index contributed by atoms with van der Waals surface area (Å²) in [7, 11) is 1.49. The van der Waals surface area contributed by atoms with Gasteiger partial charge in [0.25, 0.3) is 0 Å². The lowest BCUT2D eigenvalue weighted by Crippen LogP contribution is -2.37. The van der Waals surface area contributed by atoms with E-state index in [1.165, 1.54) is 141 Å². The Labute approximate surface area is 321 Å². The first-order valence-corrected chi connectivity index (χ1v) is 23.3. The van der Waals surface area contributed by atoms with E-state index in [1.807, 2.05) is 21.1 Å². The maximum Gasteiger partial charge on any atom is 0.472 e. The number of quaternary nitrogens is 1. The topological polar surface area (TPSA) is 108 Å². The first-order chi connectivity index (χ1) is 25.0. The number of esters is 2. The monoisotopic (exact) mass is 763 g/mol. The maximum atomic E-state index is 12.7. The molecule has 0 amide bonds. The molecule has 0 aliphatic carbocycles. The van der Waals surface area contributed by atoms with E-state index in [-0.39, 0.29) is 25.6 Å². The number of ether oxygens (including phenoxy) is 2. The molecule has 0 aliphatic heterocycles. The normalized spacial score (nSPS) is 13.6. The fourth-order valence-electron chi connectivity index (χ4n) is 6.19. The van der Waals surface area contributed by atoms with Crippen LogP contribution in [0.4, 0.5) is 0 Å². The van der Waals surface area contributed by atoms with E-state index in [0.29, 0.717) is 17.4 Å². The third kappa shape index (κ3) is 38.7. The van der Waals surface area contributed by atoms with Gasteiger partial charge in [-0.15, -0.1) is 0 Å². The molecule has 0 rings (SSSR count). The second kappa shape index (κ2) is 35.7. The van der Waals surface area contributed by atoms with Crippen molar-refractivity contribution in [2.24, 2.45) is 0 Å². The van der Waals surface area contributed by atoms with E-state index < -0.39 is 26.5 Å². The Morgan fingerprint density at radius 1 is 0.519 bits per heavy atom. The molecule has 310 valence electrons. The lowest BCUT2D eigenvalue weighted by molar-refractivity contribution is -0.870. The molecule has 2 unspecified atom stereocenters. The van der Waals surface area contributed by atoms with Gasteiger partial charge in [0, 0.05) is 12.8 Å². The van der Waals surface area contributed by atoms with Crippen LogP contribution in [-0.2, 0) is 32.7 Å². The molecule has 52 heavy (non-hydrogen) atoms. The summed E-state index contributed by atoms with van der Waals surface area (Å²) >= 11 is 0. The minimum Gasteiger partial charge on any atom is -0.462 e. The molecule has 0 aromatic heterocycles. The average Bonchev–Trinajstić information content (AvgIpc) is 3.09. The smallest absolute Gasteiger partial charge is 0.462 e. The molecule has 0 saturated heterocycles. The molecule has 9 nitrogen and oxygen atoms in total. The summed E-state index contributed by atoms with van der Waals surface area (Å²) < 4.78 is 34.3. The second-order valence-corrected chi connectivity index (χ2v) is 17.6. The number of carbonyl (C=O) groups is 2. The summed E-state index contributed by atoms with van der Waals surface area (Å²) in [5.74, 6) is -0.785. The minimum absolute atomic E-state index is 0.0367. The van der Waals surface area contributed by atoms with Crippen molar-refractivity contribution in [2.75, 3.05) is 47.5 Å². The first-order valence-electron chi connectivity index (χ1n) is 21.8. The van der Waals surface area contributed by atoms with E-state index in [2.05, 4.69) is 13.8 Å². The van der Waals surface area contributed by atoms with Crippen LogP contribution in [0.2, 0.25) is 0 Å². The minimum atomic E-state index is -4.36. The van der Waals surface area contributed by atoms with Crippen LogP contribution in [0.1, 0.15) is 206 Å². The summed E-state index contributed by atoms with van der Waals surface area (Å²) in [4.78, 5) is 35.3. The summed E-state index contributed by atoms with van der Waals surface area (Å²) in [6, 6.07) is 0. The van der Waals surface area contributed by atoms with Gasteiger partial charge in [-0.3, -0.25) is 18.6 Å². The van der Waals surface area contributed by atoms with Crippen molar-refractivity contribution in [3.63, 3.8) is 0 Å². The van der Waals surface area contributed by atoms with Gasteiger partial charge in [0.05, 0.1) is 27.7 Å². The molecular formula is C42H85NO8P+. The van der Waals surface area contributed by atoms with Crippen LogP contribution in [0.5, 0.6) is 0 Å². The van der Waals surface area contributed by atoms with E-state index >= 15 is 0 Å². The van der Waals surface area contributed by atoms with Crippen LogP contribution in [0.3, 0.4) is 0 Å². The zero-order valence-electron chi connectivity index (χ0n) is 34.8. The van der Waals surface area contributed by atoms with Crippen molar-refractivity contribution in [3.8, 4) is 0 Å². The Balaban J connectivity index is 4.33. The highest BCUT2D eigenvalue weighted by molar-refractivity contribution is 7.47. The Bertz CT molecular complexity index is 865. The van der Waals surface area contributed by atoms with E-state index in [4.69, 9.17) is 18.5 Å². The highest BCUT2D eigenvalue weighted by atomic mass is 31.2. The molecule has 10 heteroatoms. The molecule has 1 N–H and O–H groups in total. The van der Waals surface area contributed by atoms with Crippen molar-refractivity contribution in [1.29, 1.82) is 0 Å². The number of hydrogen-bond acceptors (Lipinski definition) is 7. The zero-order chi connectivity index (χ0) is 38.6. The number of nitrogens with zero attached hydrogens (tertiary/aromatic N) is 1. The second-order valence-electron chi connectivity index (χ2n) is 16.1. The summed E-state index contributed by atoms with van der Waals surface area (Å²) in [6.45, 7) is 4.45. The Morgan fingerprint density at radius 3 is 1.23 bits per heavy atom. The van der Waals surface area contributed by atoms with Gasteiger partial charge in [-0.1, -0.05) is 181 Å². The predicted octanol–water partition coefficient (Wildman–Crippen LogP) is 12.0. The van der Waals surface area contributed by atoms with Crippen molar-refractivity contribution < 1.29 is 42.1 Å². The Hall–Kier alpha value is -0.990. The largest absolute Gasteiger partial charge is 0.472 e. The summed E-state index contributed by atoms with van der Waals surface area (Å²) in [5.41, 5.74) is 0. The molecular weight excluding hydrogens is 677 g/mol. The molecule has 0 aliphatic rings. The highest BCUT2D eigenvalue weighted by Crippen LogP contribution is 2.43. The number of unbranched alkanes of at least 4 members (excludes halogenated alkanes) is 26. The summed E-state index contributed by atoms with van der Waals surface area (Å²) in [6.07, 6.45) is 34.2. The fourth-order valence-corrected chi connectivity index (χ4v) is 6.93. The van der Waals surface area contributed by atoms with Gasteiger partial charge in [0.15, 0.2) is 6.10 Å². The molecule has 0 bridgehead atoms. The molecule has 0 fully saturated rings. The van der Waals surface area contributed by atoms with Crippen molar-refractivity contribution >= 4 is 19.8 Å². The maximum absolute atomic E-state index is 12.7. The van der Waals surface area contributed by atoms with Crippen LogP contribution in [0.15, 0.2) is 0 Å². The zero-order valence-corrected chi connectivity index (χ0v) is 35.7. The van der Waals surface area contributed by atoms with Gasteiger partial charge in [0.2, 0.25) is 0 Å². The lowest BCUT2D eigenvalue weighted by Gasteiger charge is -2.24. The van der Waals surface area contributed by atoms with Gasteiger partial charge in [0.1, 0.15) is 19.8 Å². The average molecular weight is 763 g/mol. The molecule has 2 atom stereocenters. The molecule has 0 heterocycles. The number of carbonyl (C=O) groups excluding carboxylic acids is 2. The van der Waals surface area contributed by atoms with Crippen molar-refractivity contribution in [1.82, 2.24) is 0 Å². The SMILES string of the molecule is CCCCCCCCCCCCCCCCC(=O)OCC(COP(=O)(O)OCC[N+](C)(C)C)OC(=O)CCCCCCCCCCCCCCCC. The van der Waals surface area contributed by atoms with Gasteiger partial charge in [-0.25, -0.2) is 4.57 Å². The predicted molar refractivity (Wildman–Crippen MR) is 215 cm³/mol. The number of likely N-dealkylation sites (N-methyl/N-ethyl adjacent to an activating group) is 1. The Morgan fingerprint density at radius 2 is 0.865 bits per heavy atom. The van der Waals surface area contributed by atoms with Crippen LogP contribution in [0, 0.1) is 0 Å². The van der Waals surface area contributed by atoms with Crippen molar-refractivity contribution in [2.45, 2.75) is 213 Å². The van der Waals surface area contributed by atoms with Gasteiger partial charge in [-0.2, -0.15) is 0 Å². The summed E-state index contributed by atoms with van der Waals surface area (Å²) in [5, 5.41) is 0. The number of rotatable bonds is 40. The van der Waals surface area contributed by atoms with Crippen LogP contribution in [-0.4, -0.2) is 74.9 Å². The van der Waals surface area contributed by atoms with Gasteiger partial charge >= 0.3 is 19.8 Å². The number of phosphoric ester groups is 1. The fraction of sp³-hybridized carbons (Fsp3) is 0.952. The van der Waals surface area contributed by atoms with Crippen LogP contribution >= 0.6 is 7.82 Å². The lowest BCUT2D eigenvalue weighted by atomic mass is 10.0. The van der Waals surface area contributed by atoms with Gasteiger partial charge < -0.3 is 18.9 Å². The standard InChI is InChI=1S/C42H84NO8P/c1-6-8-10-12-14-16-18-20-22-24-26-28-30-32-34-41(44)48-38-40(39-50-52(46,47)49-37-36-43(3,4)5)51-42(45)35-33-31-29-27-25-23-21-19-17-15-13-11-9-7-2/h40H,6-39H2,1-5H3/p+1. The van der Waals surface area contributed by atoms with Crippen molar-refractivity contribution in [3.05, 3.63) is 0 Å². The molecule has 0 aromatic rings. The Kier molecular flexibility index (Phi) is 35.0. The van der Waals surface area contributed by atoms with Crippen LogP contribution in [0.25, 0.3) is 0 Å². The first kappa shape index (κ1) is 51.0. The molecule has 0 radical (unpaired) electrons. The molecule has 0 aromatic carbocycles. The third-order valence-corrected chi connectivity index (χ3v) is 10.6.